The summed E-state index contributed by atoms with van der Waals surface area (Å²) in [5.41, 5.74) is 2.54. The molecule has 2 aromatic rings. The molecule has 1 heterocycles. The standard InChI is InChI=1S/C18H24N4/c1-13-6-5-7-15(10-13)12-19-17-11-18(21-14(2)20-17)22-16-8-3-4-9-16/h5-7,10-11,16H,3-4,8-9,12H2,1-2H3,(H2,19,20,21,22). The maximum atomic E-state index is 4.50. The van der Waals surface area contributed by atoms with Crippen molar-refractivity contribution in [2.24, 2.45) is 0 Å². The highest BCUT2D eigenvalue weighted by molar-refractivity contribution is 5.48. The van der Waals surface area contributed by atoms with Gasteiger partial charge in [-0.25, -0.2) is 9.97 Å². The molecule has 0 radical (unpaired) electrons. The maximum absolute atomic E-state index is 4.50. The SMILES string of the molecule is Cc1cccc(CNc2cc(NC3CCCC3)nc(C)n2)c1. The molecule has 0 unspecified atom stereocenters. The van der Waals surface area contributed by atoms with E-state index in [2.05, 4.69) is 51.8 Å². The van der Waals surface area contributed by atoms with Crippen molar-refractivity contribution in [1.82, 2.24) is 9.97 Å². The van der Waals surface area contributed by atoms with E-state index in [4.69, 9.17) is 0 Å². The largest absolute Gasteiger partial charge is 0.367 e. The second-order valence-electron chi connectivity index (χ2n) is 6.15. The first-order valence-electron chi connectivity index (χ1n) is 8.11. The molecule has 1 aliphatic carbocycles. The van der Waals surface area contributed by atoms with E-state index in [0.717, 1.165) is 24.0 Å². The highest BCUT2D eigenvalue weighted by Crippen LogP contribution is 2.22. The number of hydrogen-bond donors (Lipinski definition) is 2. The molecular formula is C18H24N4. The van der Waals surface area contributed by atoms with Crippen molar-refractivity contribution in [3.8, 4) is 0 Å². The number of rotatable bonds is 5. The van der Waals surface area contributed by atoms with E-state index >= 15 is 0 Å². The van der Waals surface area contributed by atoms with Gasteiger partial charge in [-0.2, -0.15) is 0 Å². The summed E-state index contributed by atoms with van der Waals surface area (Å²) in [6, 6.07) is 11.1. The van der Waals surface area contributed by atoms with Crippen LogP contribution in [0.2, 0.25) is 0 Å². The first kappa shape index (κ1) is 14.8. The lowest BCUT2D eigenvalue weighted by Gasteiger charge is -2.14. The molecule has 4 heteroatoms. The maximum Gasteiger partial charge on any atom is 0.132 e. The Hall–Kier alpha value is -2.10. The van der Waals surface area contributed by atoms with Crippen molar-refractivity contribution >= 4 is 11.6 Å². The fraction of sp³-hybridized carbons (Fsp3) is 0.444. The normalized spacial score (nSPS) is 15.0. The Kier molecular flexibility index (Phi) is 4.56. The highest BCUT2D eigenvalue weighted by atomic mass is 15.1. The van der Waals surface area contributed by atoms with Gasteiger partial charge in [-0.05, 0) is 32.3 Å². The van der Waals surface area contributed by atoms with Crippen LogP contribution in [0.1, 0.15) is 42.6 Å². The molecule has 3 rings (SSSR count). The number of aryl methyl sites for hydroxylation is 2. The molecular weight excluding hydrogens is 272 g/mol. The summed E-state index contributed by atoms with van der Waals surface area (Å²) < 4.78 is 0. The third-order valence-corrected chi connectivity index (χ3v) is 4.10. The van der Waals surface area contributed by atoms with E-state index < -0.39 is 0 Å². The smallest absolute Gasteiger partial charge is 0.132 e. The second kappa shape index (κ2) is 6.77. The Labute approximate surface area is 132 Å². The summed E-state index contributed by atoms with van der Waals surface area (Å²) in [5, 5.41) is 6.94. The van der Waals surface area contributed by atoms with E-state index in [1.165, 1.54) is 36.8 Å². The van der Waals surface area contributed by atoms with Crippen LogP contribution in [0.3, 0.4) is 0 Å². The Morgan fingerprint density at radius 2 is 1.82 bits per heavy atom. The van der Waals surface area contributed by atoms with Crippen LogP contribution in [-0.4, -0.2) is 16.0 Å². The molecule has 0 bridgehead atoms. The predicted octanol–water partition coefficient (Wildman–Crippen LogP) is 4.06. The van der Waals surface area contributed by atoms with E-state index in [0.29, 0.717) is 6.04 Å². The Morgan fingerprint density at radius 3 is 2.59 bits per heavy atom. The summed E-state index contributed by atoms with van der Waals surface area (Å²) in [6.45, 7) is 4.83. The van der Waals surface area contributed by atoms with Crippen LogP contribution in [0, 0.1) is 13.8 Å². The van der Waals surface area contributed by atoms with Crippen molar-refractivity contribution < 1.29 is 0 Å². The lowest BCUT2D eigenvalue weighted by Crippen LogP contribution is -2.16. The van der Waals surface area contributed by atoms with Crippen LogP contribution in [0.15, 0.2) is 30.3 Å². The van der Waals surface area contributed by atoms with Crippen LogP contribution < -0.4 is 10.6 Å². The fourth-order valence-corrected chi connectivity index (χ4v) is 3.03. The minimum atomic E-state index is 0.568. The summed E-state index contributed by atoms with van der Waals surface area (Å²) in [4.78, 5) is 8.99. The summed E-state index contributed by atoms with van der Waals surface area (Å²) >= 11 is 0. The number of nitrogens with zero attached hydrogens (tertiary/aromatic N) is 2. The molecule has 1 aromatic carbocycles. The van der Waals surface area contributed by atoms with Gasteiger partial charge in [0.2, 0.25) is 0 Å². The molecule has 1 aliphatic rings. The van der Waals surface area contributed by atoms with Gasteiger partial charge in [-0.1, -0.05) is 42.7 Å². The average Bonchev–Trinajstić information content (AvgIpc) is 2.98. The zero-order chi connectivity index (χ0) is 15.4. The predicted molar refractivity (Wildman–Crippen MR) is 91.2 cm³/mol. The van der Waals surface area contributed by atoms with Crippen LogP contribution >= 0.6 is 0 Å². The lowest BCUT2D eigenvalue weighted by atomic mass is 10.1. The average molecular weight is 296 g/mol. The van der Waals surface area contributed by atoms with Gasteiger partial charge in [-0.15, -0.1) is 0 Å². The minimum absolute atomic E-state index is 0.568. The molecule has 4 nitrogen and oxygen atoms in total. The fourth-order valence-electron chi connectivity index (χ4n) is 3.03. The number of anilines is 2. The molecule has 0 spiro atoms. The summed E-state index contributed by atoms with van der Waals surface area (Å²) in [5.74, 6) is 2.62. The molecule has 2 N–H and O–H groups in total. The third kappa shape index (κ3) is 3.97. The van der Waals surface area contributed by atoms with Gasteiger partial charge in [0.25, 0.3) is 0 Å². The van der Waals surface area contributed by atoms with Crippen molar-refractivity contribution in [3.63, 3.8) is 0 Å². The number of benzene rings is 1. The van der Waals surface area contributed by atoms with Crippen LogP contribution in [0.25, 0.3) is 0 Å². The van der Waals surface area contributed by atoms with E-state index in [1.54, 1.807) is 0 Å². The molecule has 116 valence electrons. The Balaban J connectivity index is 1.66. The summed E-state index contributed by atoms with van der Waals surface area (Å²) in [6.07, 6.45) is 5.13. The zero-order valence-corrected chi connectivity index (χ0v) is 13.4. The van der Waals surface area contributed by atoms with Crippen molar-refractivity contribution in [1.29, 1.82) is 0 Å². The molecule has 1 saturated carbocycles. The van der Waals surface area contributed by atoms with E-state index in [1.807, 2.05) is 13.0 Å². The van der Waals surface area contributed by atoms with Crippen LogP contribution in [-0.2, 0) is 6.54 Å². The van der Waals surface area contributed by atoms with E-state index in [-0.39, 0.29) is 0 Å². The topological polar surface area (TPSA) is 49.8 Å². The van der Waals surface area contributed by atoms with Gasteiger partial charge in [0, 0.05) is 18.7 Å². The molecule has 0 amide bonds. The second-order valence-corrected chi connectivity index (χ2v) is 6.15. The minimum Gasteiger partial charge on any atom is -0.367 e. The lowest BCUT2D eigenvalue weighted by molar-refractivity contribution is 0.748. The molecule has 0 aliphatic heterocycles. The quantitative estimate of drug-likeness (QED) is 0.873. The van der Waals surface area contributed by atoms with Crippen LogP contribution in [0.4, 0.5) is 11.6 Å². The molecule has 22 heavy (non-hydrogen) atoms. The molecule has 1 aromatic heterocycles. The number of nitrogens with one attached hydrogen (secondary N) is 2. The van der Waals surface area contributed by atoms with Crippen molar-refractivity contribution in [2.75, 3.05) is 10.6 Å². The monoisotopic (exact) mass is 296 g/mol. The van der Waals surface area contributed by atoms with Crippen molar-refractivity contribution in [2.45, 2.75) is 52.1 Å². The number of hydrogen-bond acceptors (Lipinski definition) is 4. The number of aromatic nitrogens is 2. The van der Waals surface area contributed by atoms with Gasteiger partial charge in [0.15, 0.2) is 0 Å². The van der Waals surface area contributed by atoms with Crippen molar-refractivity contribution in [3.05, 3.63) is 47.3 Å². The highest BCUT2D eigenvalue weighted by Gasteiger charge is 2.15. The molecule has 0 atom stereocenters. The third-order valence-electron chi connectivity index (χ3n) is 4.10. The van der Waals surface area contributed by atoms with E-state index in [9.17, 15) is 0 Å². The Morgan fingerprint density at radius 1 is 1.05 bits per heavy atom. The first-order valence-corrected chi connectivity index (χ1v) is 8.11. The zero-order valence-electron chi connectivity index (χ0n) is 13.4. The molecule has 1 fully saturated rings. The van der Waals surface area contributed by atoms with Gasteiger partial charge in [0.1, 0.15) is 17.5 Å². The first-order chi connectivity index (χ1) is 10.7. The Bertz CT molecular complexity index is 633. The van der Waals surface area contributed by atoms with Gasteiger partial charge in [-0.3, -0.25) is 0 Å². The van der Waals surface area contributed by atoms with Gasteiger partial charge >= 0.3 is 0 Å². The van der Waals surface area contributed by atoms with Crippen LogP contribution in [0.5, 0.6) is 0 Å². The van der Waals surface area contributed by atoms with Gasteiger partial charge < -0.3 is 10.6 Å². The summed E-state index contributed by atoms with van der Waals surface area (Å²) in [7, 11) is 0. The van der Waals surface area contributed by atoms with Gasteiger partial charge in [0.05, 0.1) is 0 Å². The molecule has 0 saturated heterocycles.